The van der Waals surface area contributed by atoms with Crippen molar-refractivity contribution in [1.82, 2.24) is 0 Å². The van der Waals surface area contributed by atoms with Crippen LogP contribution in [0.25, 0.3) is 0 Å². The van der Waals surface area contributed by atoms with Crippen molar-refractivity contribution in [1.29, 1.82) is 0 Å². The van der Waals surface area contributed by atoms with E-state index < -0.39 is 0 Å². The first-order valence-electron chi connectivity index (χ1n) is 5.00. The van der Waals surface area contributed by atoms with Crippen LogP contribution in [0.2, 0.25) is 0 Å². The maximum absolute atomic E-state index is 5.48. The molecule has 1 aliphatic heterocycles. The molecule has 0 bridgehead atoms. The molecule has 1 heterocycles. The fourth-order valence-corrected chi connectivity index (χ4v) is 1.88. The third-order valence-corrected chi connectivity index (χ3v) is 3.66. The van der Waals surface area contributed by atoms with Gasteiger partial charge in [0.15, 0.2) is 0 Å². The van der Waals surface area contributed by atoms with Gasteiger partial charge in [-0.25, -0.2) is 0 Å². The van der Waals surface area contributed by atoms with Crippen LogP contribution >= 0.6 is 12.6 Å². The Hall–Kier alpha value is -0.630. The SMILES string of the molecule is CC(C)(CS)c1ccc2c(c1)CCO2. The first kappa shape index (κ1) is 9.91. The molecule has 0 unspecified atom stereocenters. The number of hydrogen-bond acceptors (Lipinski definition) is 2. The molecule has 1 aromatic rings. The Labute approximate surface area is 90.9 Å². The number of hydrogen-bond donors (Lipinski definition) is 1. The van der Waals surface area contributed by atoms with E-state index in [1.807, 2.05) is 0 Å². The molecule has 0 amide bonds. The predicted molar refractivity (Wildman–Crippen MR) is 62.5 cm³/mol. The lowest BCUT2D eigenvalue weighted by Gasteiger charge is -2.23. The topological polar surface area (TPSA) is 9.23 Å². The van der Waals surface area contributed by atoms with Gasteiger partial charge in [0.05, 0.1) is 6.61 Å². The molecule has 76 valence electrons. The van der Waals surface area contributed by atoms with E-state index in [1.54, 1.807) is 0 Å². The maximum Gasteiger partial charge on any atom is 0.122 e. The van der Waals surface area contributed by atoms with Gasteiger partial charge < -0.3 is 4.74 Å². The lowest BCUT2D eigenvalue weighted by molar-refractivity contribution is 0.356. The summed E-state index contributed by atoms with van der Waals surface area (Å²) in [6, 6.07) is 6.50. The average molecular weight is 208 g/mol. The van der Waals surface area contributed by atoms with Crippen LogP contribution in [0.1, 0.15) is 25.0 Å². The summed E-state index contributed by atoms with van der Waals surface area (Å²) >= 11 is 4.39. The van der Waals surface area contributed by atoms with Crippen molar-refractivity contribution in [3.05, 3.63) is 29.3 Å². The highest BCUT2D eigenvalue weighted by Gasteiger charge is 2.21. The van der Waals surface area contributed by atoms with Crippen LogP contribution in [0.3, 0.4) is 0 Å². The third kappa shape index (κ3) is 1.63. The van der Waals surface area contributed by atoms with Crippen LogP contribution in [0.15, 0.2) is 18.2 Å². The lowest BCUT2D eigenvalue weighted by Crippen LogP contribution is -2.19. The van der Waals surface area contributed by atoms with Gasteiger partial charge in [-0.3, -0.25) is 0 Å². The van der Waals surface area contributed by atoms with Gasteiger partial charge in [0.1, 0.15) is 5.75 Å². The summed E-state index contributed by atoms with van der Waals surface area (Å²) < 4.78 is 5.48. The second-order valence-corrected chi connectivity index (χ2v) is 4.78. The number of ether oxygens (including phenoxy) is 1. The van der Waals surface area contributed by atoms with Crippen LogP contribution in [0, 0.1) is 0 Å². The Kier molecular flexibility index (Phi) is 2.48. The highest BCUT2D eigenvalue weighted by atomic mass is 32.1. The minimum absolute atomic E-state index is 0.154. The zero-order chi connectivity index (χ0) is 10.2. The summed E-state index contributed by atoms with van der Waals surface area (Å²) in [5.41, 5.74) is 2.86. The van der Waals surface area contributed by atoms with Crippen molar-refractivity contribution < 1.29 is 4.74 Å². The van der Waals surface area contributed by atoms with Crippen LogP contribution in [-0.4, -0.2) is 12.4 Å². The summed E-state index contributed by atoms with van der Waals surface area (Å²) in [6.07, 6.45) is 1.05. The van der Waals surface area contributed by atoms with Crippen molar-refractivity contribution >= 4 is 12.6 Å². The molecular formula is C12H16OS. The first-order chi connectivity index (χ1) is 6.63. The predicted octanol–water partition coefficient (Wildman–Crippen LogP) is 2.83. The zero-order valence-corrected chi connectivity index (χ0v) is 9.60. The first-order valence-corrected chi connectivity index (χ1v) is 5.64. The van der Waals surface area contributed by atoms with E-state index in [0.29, 0.717) is 0 Å². The molecule has 1 aliphatic rings. The summed E-state index contributed by atoms with van der Waals surface area (Å²) in [5.74, 6) is 1.93. The van der Waals surface area contributed by atoms with Crippen molar-refractivity contribution in [3.63, 3.8) is 0 Å². The van der Waals surface area contributed by atoms with E-state index in [4.69, 9.17) is 4.74 Å². The van der Waals surface area contributed by atoms with Crippen molar-refractivity contribution in [2.24, 2.45) is 0 Å². The van der Waals surface area contributed by atoms with Crippen molar-refractivity contribution in [2.75, 3.05) is 12.4 Å². The zero-order valence-electron chi connectivity index (χ0n) is 8.71. The number of rotatable bonds is 2. The molecule has 0 fully saturated rings. The van der Waals surface area contributed by atoms with Crippen LogP contribution in [0.4, 0.5) is 0 Å². The number of fused-ring (bicyclic) bond motifs is 1. The Morgan fingerprint density at radius 1 is 1.43 bits per heavy atom. The van der Waals surface area contributed by atoms with E-state index in [1.165, 1.54) is 11.1 Å². The Bertz CT molecular complexity index is 344. The third-order valence-electron chi connectivity index (χ3n) is 2.87. The molecule has 1 aromatic carbocycles. The number of benzene rings is 1. The normalized spacial score (nSPS) is 15.1. The molecule has 0 aliphatic carbocycles. The van der Waals surface area contributed by atoms with Crippen LogP contribution in [0.5, 0.6) is 5.75 Å². The molecular weight excluding hydrogens is 192 g/mol. The van der Waals surface area contributed by atoms with Crippen molar-refractivity contribution in [2.45, 2.75) is 25.7 Å². The molecule has 2 heteroatoms. The second-order valence-electron chi connectivity index (χ2n) is 4.46. The Morgan fingerprint density at radius 3 is 2.93 bits per heavy atom. The van der Waals surface area contributed by atoms with E-state index in [0.717, 1.165) is 24.5 Å². The maximum atomic E-state index is 5.48. The summed E-state index contributed by atoms with van der Waals surface area (Å²) in [6.45, 7) is 5.27. The van der Waals surface area contributed by atoms with E-state index in [-0.39, 0.29) is 5.41 Å². The molecule has 14 heavy (non-hydrogen) atoms. The minimum atomic E-state index is 0.154. The highest BCUT2D eigenvalue weighted by Crippen LogP contribution is 2.31. The molecule has 0 saturated carbocycles. The van der Waals surface area contributed by atoms with Gasteiger partial charge in [-0.1, -0.05) is 26.0 Å². The van der Waals surface area contributed by atoms with Crippen molar-refractivity contribution in [3.8, 4) is 5.75 Å². The summed E-state index contributed by atoms with van der Waals surface area (Å²) in [7, 11) is 0. The smallest absolute Gasteiger partial charge is 0.122 e. The van der Waals surface area contributed by atoms with E-state index in [2.05, 4.69) is 44.7 Å². The average Bonchev–Trinajstić information content (AvgIpc) is 2.64. The fourth-order valence-electron chi connectivity index (χ4n) is 1.70. The lowest BCUT2D eigenvalue weighted by atomic mass is 9.85. The standard InChI is InChI=1S/C12H16OS/c1-12(2,8-14)10-3-4-11-9(7-10)5-6-13-11/h3-4,7,14H,5-6,8H2,1-2H3. The van der Waals surface area contributed by atoms with Gasteiger partial charge >= 0.3 is 0 Å². The van der Waals surface area contributed by atoms with Gasteiger partial charge in [0.2, 0.25) is 0 Å². The summed E-state index contributed by atoms with van der Waals surface area (Å²) in [5, 5.41) is 0. The van der Waals surface area contributed by atoms with Crippen LogP contribution in [-0.2, 0) is 11.8 Å². The summed E-state index contributed by atoms with van der Waals surface area (Å²) in [4.78, 5) is 0. The number of thiol groups is 1. The van der Waals surface area contributed by atoms with Gasteiger partial charge in [0.25, 0.3) is 0 Å². The molecule has 2 rings (SSSR count). The quantitative estimate of drug-likeness (QED) is 0.735. The Balaban J connectivity index is 2.38. The van der Waals surface area contributed by atoms with Crippen LogP contribution < -0.4 is 4.74 Å². The molecule has 0 atom stereocenters. The Morgan fingerprint density at radius 2 is 2.21 bits per heavy atom. The molecule has 0 N–H and O–H groups in total. The second kappa shape index (κ2) is 3.50. The van der Waals surface area contributed by atoms with Gasteiger partial charge in [-0.15, -0.1) is 0 Å². The molecule has 0 saturated heterocycles. The van der Waals surface area contributed by atoms with Gasteiger partial charge in [-0.05, 0) is 28.4 Å². The molecule has 0 spiro atoms. The largest absolute Gasteiger partial charge is 0.493 e. The minimum Gasteiger partial charge on any atom is -0.493 e. The van der Waals surface area contributed by atoms with E-state index in [9.17, 15) is 0 Å². The monoisotopic (exact) mass is 208 g/mol. The molecule has 0 aromatic heterocycles. The van der Waals surface area contributed by atoms with E-state index >= 15 is 0 Å². The molecule has 1 nitrogen and oxygen atoms in total. The van der Waals surface area contributed by atoms with Gasteiger partial charge in [0, 0.05) is 6.42 Å². The highest BCUT2D eigenvalue weighted by molar-refractivity contribution is 7.80. The fraction of sp³-hybridized carbons (Fsp3) is 0.500. The molecule has 0 radical (unpaired) electrons. The van der Waals surface area contributed by atoms with Gasteiger partial charge in [-0.2, -0.15) is 12.6 Å².